The monoisotopic (exact) mass is 321 g/mol. The first-order valence-corrected chi connectivity index (χ1v) is 6.94. The van der Waals surface area contributed by atoms with Gasteiger partial charge < -0.3 is 5.32 Å². The van der Waals surface area contributed by atoms with Crippen molar-refractivity contribution in [1.82, 2.24) is 19.6 Å². The topological polar surface area (TPSA) is 55.1 Å². The SMILES string of the molecule is Cc1ccccc1-c1c(C)nc2ncnn2c1NCC(F)(F)F. The highest BCUT2D eigenvalue weighted by molar-refractivity contribution is 5.80. The van der Waals surface area contributed by atoms with Gasteiger partial charge in [-0.3, -0.25) is 0 Å². The maximum Gasteiger partial charge on any atom is 0.405 e. The van der Waals surface area contributed by atoms with E-state index in [0.717, 1.165) is 11.1 Å². The molecule has 0 fully saturated rings. The Bertz CT molecular complexity index is 854. The number of alkyl halides is 3. The molecule has 0 saturated heterocycles. The molecule has 0 spiro atoms. The molecule has 0 bridgehead atoms. The molecule has 0 unspecified atom stereocenters. The number of halogens is 3. The van der Waals surface area contributed by atoms with Crippen LogP contribution < -0.4 is 5.32 Å². The van der Waals surface area contributed by atoms with Gasteiger partial charge in [0.1, 0.15) is 18.7 Å². The third kappa shape index (κ3) is 2.96. The zero-order chi connectivity index (χ0) is 16.6. The van der Waals surface area contributed by atoms with Crippen LogP contribution in [0.2, 0.25) is 0 Å². The van der Waals surface area contributed by atoms with Crippen LogP contribution >= 0.6 is 0 Å². The lowest BCUT2D eigenvalue weighted by Crippen LogP contribution is -2.23. The molecular formula is C15H14F3N5. The van der Waals surface area contributed by atoms with Crippen molar-refractivity contribution in [1.29, 1.82) is 0 Å². The largest absolute Gasteiger partial charge is 0.405 e. The third-order valence-corrected chi connectivity index (χ3v) is 3.48. The van der Waals surface area contributed by atoms with Crippen LogP contribution in [0, 0.1) is 13.8 Å². The van der Waals surface area contributed by atoms with E-state index in [9.17, 15) is 13.2 Å². The summed E-state index contributed by atoms with van der Waals surface area (Å²) < 4.78 is 39.3. The zero-order valence-electron chi connectivity index (χ0n) is 12.5. The summed E-state index contributed by atoms with van der Waals surface area (Å²) in [5.41, 5.74) is 2.92. The van der Waals surface area contributed by atoms with Crippen LogP contribution in [-0.4, -0.2) is 32.3 Å². The van der Waals surface area contributed by atoms with Gasteiger partial charge in [-0.25, -0.2) is 4.98 Å². The summed E-state index contributed by atoms with van der Waals surface area (Å²) in [5, 5.41) is 6.43. The maximum absolute atomic E-state index is 12.7. The Hall–Kier alpha value is -2.64. The summed E-state index contributed by atoms with van der Waals surface area (Å²) in [6, 6.07) is 7.45. The normalized spacial score (nSPS) is 11.9. The second-order valence-corrected chi connectivity index (χ2v) is 5.18. The summed E-state index contributed by atoms with van der Waals surface area (Å²) >= 11 is 0. The molecular weight excluding hydrogens is 307 g/mol. The number of anilines is 1. The van der Waals surface area contributed by atoms with Gasteiger partial charge in [-0.1, -0.05) is 24.3 Å². The maximum atomic E-state index is 12.7. The van der Waals surface area contributed by atoms with Crippen LogP contribution in [-0.2, 0) is 0 Å². The van der Waals surface area contributed by atoms with E-state index in [-0.39, 0.29) is 11.6 Å². The minimum absolute atomic E-state index is 0.233. The highest BCUT2D eigenvalue weighted by Crippen LogP contribution is 2.33. The Morgan fingerprint density at radius 3 is 2.61 bits per heavy atom. The Kier molecular flexibility index (Phi) is 3.67. The average molecular weight is 321 g/mol. The minimum Gasteiger partial charge on any atom is -0.360 e. The van der Waals surface area contributed by atoms with Crippen LogP contribution in [0.25, 0.3) is 16.9 Å². The fraction of sp³-hybridized carbons (Fsp3) is 0.267. The highest BCUT2D eigenvalue weighted by Gasteiger charge is 2.28. The molecule has 5 nitrogen and oxygen atoms in total. The average Bonchev–Trinajstić information content (AvgIpc) is 2.92. The van der Waals surface area contributed by atoms with E-state index in [0.29, 0.717) is 11.3 Å². The van der Waals surface area contributed by atoms with E-state index in [4.69, 9.17) is 0 Å². The Morgan fingerprint density at radius 1 is 1.17 bits per heavy atom. The zero-order valence-corrected chi connectivity index (χ0v) is 12.5. The molecule has 0 atom stereocenters. The first-order chi connectivity index (χ1) is 10.9. The number of aromatic nitrogens is 4. The van der Waals surface area contributed by atoms with Gasteiger partial charge in [-0.2, -0.15) is 27.8 Å². The number of rotatable bonds is 3. The van der Waals surface area contributed by atoms with Gasteiger partial charge in [0.25, 0.3) is 5.78 Å². The van der Waals surface area contributed by atoms with E-state index in [1.807, 2.05) is 31.2 Å². The van der Waals surface area contributed by atoms with Gasteiger partial charge in [0.05, 0.1) is 5.69 Å². The van der Waals surface area contributed by atoms with Gasteiger partial charge in [-0.05, 0) is 25.0 Å². The molecule has 0 radical (unpaired) electrons. The molecule has 3 aromatic rings. The summed E-state index contributed by atoms with van der Waals surface area (Å²) in [7, 11) is 0. The molecule has 0 aliphatic carbocycles. The Morgan fingerprint density at radius 2 is 1.91 bits per heavy atom. The quantitative estimate of drug-likeness (QED) is 0.803. The van der Waals surface area contributed by atoms with Crippen LogP contribution in [0.4, 0.5) is 19.0 Å². The van der Waals surface area contributed by atoms with Gasteiger partial charge in [0.2, 0.25) is 0 Å². The number of hydrogen-bond donors (Lipinski definition) is 1. The predicted molar refractivity (Wildman–Crippen MR) is 80.2 cm³/mol. The number of benzene rings is 1. The molecule has 0 amide bonds. The third-order valence-electron chi connectivity index (χ3n) is 3.48. The first-order valence-electron chi connectivity index (χ1n) is 6.94. The van der Waals surface area contributed by atoms with Gasteiger partial charge in [0.15, 0.2) is 0 Å². The number of nitrogens with zero attached hydrogens (tertiary/aromatic N) is 4. The number of aryl methyl sites for hydroxylation is 2. The first kappa shape index (κ1) is 15.3. The van der Waals surface area contributed by atoms with Crippen molar-refractivity contribution in [2.45, 2.75) is 20.0 Å². The molecule has 2 heterocycles. The summed E-state index contributed by atoms with van der Waals surface area (Å²) in [5.74, 6) is 0.487. The number of hydrogen-bond acceptors (Lipinski definition) is 4. The standard InChI is InChI=1S/C15H14F3N5/c1-9-5-3-4-6-11(9)12-10(2)22-14-20-8-21-23(14)13(12)19-7-15(16,17)18/h3-6,8,19H,7H2,1-2H3. The van der Waals surface area contributed by atoms with Crippen LogP contribution in [0.5, 0.6) is 0 Å². The highest BCUT2D eigenvalue weighted by atomic mass is 19.4. The van der Waals surface area contributed by atoms with Gasteiger partial charge in [0, 0.05) is 5.56 Å². The van der Waals surface area contributed by atoms with Crippen molar-refractivity contribution in [2.75, 3.05) is 11.9 Å². The Balaban J connectivity index is 2.23. The molecule has 8 heteroatoms. The second kappa shape index (κ2) is 5.53. The fourth-order valence-electron chi connectivity index (χ4n) is 2.48. The summed E-state index contributed by atoms with van der Waals surface area (Å²) in [6.07, 6.45) is -3.07. The van der Waals surface area contributed by atoms with E-state index in [2.05, 4.69) is 20.4 Å². The second-order valence-electron chi connectivity index (χ2n) is 5.18. The molecule has 3 rings (SSSR count). The van der Waals surface area contributed by atoms with E-state index < -0.39 is 12.7 Å². The van der Waals surface area contributed by atoms with Gasteiger partial charge >= 0.3 is 6.18 Å². The molecule has 120 valence electrons. The van der Waals surface area contributed by atoms with E-state index in [1.54, 1.807) is 6.92 Å². The molecule has 0 aliphatic rings. The van der Waals surface area contributed by atoms with Crippen LogP contribution in [0.3, 0.4) is 0 Å². The summed E-state index contributed by atoms with van der Waals surface area (Å²) in [4.78, 5) is 8.29. The molecule has 0 aliphatic heterocycles. The lowest BCUT2D eigenvalue weighted by atomic mass is 10.00. The van der Waals surface area contributed by atoms with Crippen molar-refractivity contribution in [2.24, 2.45) is 0 Å². The molecule has 2 aromatic heterocycles. The molecule has 23 heavy (non-hydrogen) atoms. The van der Waals surface area contributed by atoms with Crippen molar-refractivity contribution >= 4 is 11.6 Å². The minimum atomic E-state index is -4.34. The smallest absolute Gasteiger partial charge is 0.360 e. The van der Waals surface area contributed by atoms with Crippen molar-refractivity contribution < 1.29 is 13.2 Å². The lowest BCUT2D eigenvalue weighted by molar-refractivity contribution is -0.115. The van der Waals surface area contributed by atoms with Crippen molar-refractivity contribution in [3.05, 3.63) is 41.9 Å². The molecule has 1 aromatic carbocycles. The van der Waals surface area contributed by atoms with Crippen molar-refractivity contribution in [3.63, 3.8) is 0 Å². The van der Waals surface area contributed by atoms with Gasteiger partial charge in [-0.15, -0.1) is 0 Å². The number of fused-ring (bicyclic) bond motifs is 1. The predicted octanol–water partition coefficient (Wildman–Crippen LogP) is 3.38. The van der Waals surface area contributed by atoms with E-state index >= 15 is 0 Å². The lowest BCUT2D eigenvalue weighted by Gasteiger charge is -2.17. The summed E-state index contributed by atoms with van der Waals surface area (Å²) in [6.45, 7) is 2.48. The van der Waals surface area contributed by atoms with E-state index in [1.165, 1.54) is 10.8 Å². The van der Waals surface area contributed by atoms with Crippen LogP contribution in [0.15, 0.2) is 30.6 Å². The Labute approximate surface area is 130 Å². The molecule has 1 N–H and O–H groups in total. The van der Waals surface area contributed by atoms with Crippen molar-refractivity contribution in [3.8, 4) is 11.1 Å². The fourth-order valence-corrected chi connectivity index (χ4v) is 2.48. The van der Waals surface area contributed by atoms with Crippen LogP contribution in [0.1, 0.15) is 11.3 Å². The number of nitrogens with one attached hydrogen (secondary N) is 1. The molecule has 0 saturated carbocycles.